The summed E-state index contributed by atoms with van der Waals surface area (Å²) in [6.07, 6.45) is 0. The minimum absolute atomic E-state index is 0.218. The molecule has 0 amide bonds. The average molecular weight is 248 g/mol. The van der Waals surface area contributed by atoms with Crippen LogP contribution in [-0.2, 0) is 0 Å². The summed E-state index contributed by atoms with van der Waals surface area (Å²) in [5.41, 5.74) is 2.57. The zero-order valence-electron chi connectivity index (χ0n) is 9.66. The molecule has 0 aromatic heterocycles. The molecule has 0 saturated heterocycles. The van der Waals surface area contributed by atoms with Crippen molar-refractivity contribution in [1.29, 1.82) is 0 Å². The normalized spacial score (nSPS) is 11.5. The van der Waals surface area contributed by atoms with Gasteiger partial charge in [0.25, 0.3) is 0 Å². The van der Waals surface area contributed by atoms with Crippen molar-refractivity contribution in [3.05, 3.63) is 71.3 Å². The van der Waals surface area contributed by atoms with Crippen molar-refractivity contribution >= 4 is 9.52 Å². The second-order valence-corrected chi connectivity index (χ2v) is 5.70. The molecule has 0 N–H and O–H groups in total. The summed E-state index contributed by atoms with van der Waals surface area (Å²) in [6.45, 7) is 2.21. The van der Waals surface area contributed by atoms with Gasteiger partial charge in [0, 0.05) is 9.52 Å². The van der Waals surface area contributed by atoms with Gasteiger partial charge in [-0.05, 0) is 40.9 Å². The van der Waals surface area contributed by atoms with Crippen molar-refractivity contribution < 1.29 is 8.78 Å². The molecule has 3 heteroatoms. The molecule has 0 unspecified atom stereocenters. The average Bonchev–Trinajstić information content (AvgIpc) is 2.35. The van der Waals surface area contributed by atoms with E-state index < -0.39 is 0 Å². The summed E-state index contributed by atoms with van der Waals surface area (Å²) in [5.74, 6) is -0.436. The zero-order valence-corrected chi connectivity index (χ0v) is 11.1. The van der Waals surface area contributed by atoms with Crippen LogP contribution in [0.1, 0.15) is 16.7 Å². The molecular weight excluding hydrogens is 234 g/mol. The lowest BCUT2D eigenvalue weighted by Gasteiger charge is -2.15. The first kappa shape index (κ1) is 12.0. The van der Waals surface area contributed by atoms with Crippen LogP contribution in [0.5, 0.6) is 0 Å². The minimum atomic E-state index is -0.338. The largest absolute Gasteiger partial charge is 0.207 e. The zero-order chi connectivity index (χ0) is 12.3. The van der Waals surface area contributed by atoms with Crippen LogP contribution in [0.3, 0.4) is 0 Å². The Kier molecular flexibility index (Phi) is 3.69. The summed E-state index contributed by atoms with van der Waals surface area (Å²) in [6, 6.07) is 13.2. The second-order valence-electron chi connectivity index (χ2n) is 4.06. The van der Waals surface area contributed by atoms with Crippen LogP contribution in [0.15, 0.2) is 48.5 Å². The molecular formula is C14H14F2Si. The Hall–Kier alpha value is -1.48. The van der Waals surface area contributed by atoms with E-state index in [0.29, 0.717) is 5.54 Å². The Balaban J connectivity index is 2.33. The molecule has 2 aromatic carbocycles. The van der Waals surface area contributed by atoms with Crippen LogP contribution in [0.25, 0.3) is 0 Å². The number of hydrogen-bond acceptors (Lipinski definition) is 0. The molecule has 0 nitrogen and oxygen atoms in total. The van der Waals surface area contributed by atoms with E-state index in [2.05, 4.69) is 6.55 Å². The van der Waals surface area contributed by atoms with Gasteiger partial charge in [-0.2, -0.15) is 0 Å². The molecule has 0 spiro atoms. The van der Waals surface area contributed by atoms with Gasteiger partial charge in [-0.3, -0.25) is 0 Å². The fourth-order valence-electron chi connectivity index (χ4n) is 2.05. The Labute approximate surface area is 102 Å². The molecule has 0 aliphatic heterocycles. The summed E-state index contributed by atoms with van der Waals surface area (Å²) < 4.78 is 25.7. The molecule has 0 bridgehead atoms. The molecule has 0 aliphatic rings. The van der Waals surface area contributed by atoms with Gasteiger partial charge < -0.3 is 0 Å². The highest BCUT2D eigenvalue weighted by molar-refractivity contribution is 6.37. The minimum Gasteiger partial charge on any atom is -0.207 e. The number of hydrogen-bond donors (Lipinski definition) is 0. The van der Waals surface area contributed by atoms with Crippen LogP contribution in [0.2, 0.25) is 6.55 Å². The van der Waals surface area contributed by atoms with Crippen LogP contribution in [-0.4, -0.2) is 9.52 Å². The van der Waals surface area contributed by atoms with E-state index in [0.717, 1.165) is 11.1 Å². The quantitative estimate of drug-likeness (QED) is 0.731. The van der Waals surface area contributed by atoms with Gasteiger partial charge in [-0.25, -0.2) is 8.78 Å². The second kappa shape index (κ2) is 5.23. The van der Waals surface area contributed by atoms with E-state index in [1.54, 1.807) is 0 Å². The molecule has 0 radical (unpaired) electrons. The highest BCUT2D eigenvalue weighted by atomic mass is 28.2. The van der Waals surface area contributed by atoms with Gasteiger partial charge in [0.2, 0.25) is 0 Å². The number of halogens is 2. The summed E-state index contributed by atoms with van der Waals surface area (Å²) in [7, 11) is -0.338. The Morgan fingerprint density at radius 2 is 1.12 bits per heavy atom. The maximum atomic E-state index is 12.9. The Bertz CT molecular complexity index is 431. The van der Waals surface area contributed by atoms with Crippen molar-refractivity contribution in [2.45, 2.75) is 12.1 Å². The predicted molar refractivity (Wildman–Crippen MR) is 69.1 cm³/mol. The van der Waals surface area contributed by atoms with Gasteiger partial charge in [0.05, 0.1) is 0 Å². The molecule has 0 heterocycles. The van der Waals surface area contributed by atoms with Crippen LogP contribution in [0.4, 0.5) is 8.78 Å². The number of rotatable bonds is 3. The van der Waals surface area contributed by atoms with Crippen molar-refractivity contribution in [1.82, 2.24) is 0 Å². The first-order valence-electron chi connectivity index (χ1n) is 5.71. The van der Waals surface area contributed by atoms with E-state index in [1.165, 1.54) is 24.3 Å². The third kappa shape index (κ3) is 2.80. The highest BCUT2D eigenvalue weighted by Crippen LogP contribution is 2.24. The molecule has 88 valence electrons. The molecule has 0 fully saturated rings. The summed E-state index contributed by atoms with van der Waals surface area (Å²) >= 11 is 0. The van der Waals surface area contributed by atoms with Crippen molar-refractivity contribution in [3.8, 4) is 0 Å². The van der Waals surface area contributed by atoms with Gasteiger partial charge >= 0.3 is 0 Å². The SMILES string of the molecule is C[SiH2]C(c1ccc(F)cc1)c1ccc(F)cc1. The van der Waals surface area contributed by atoms with Crippen molar-refractivity contribution in [2.75, 3.05) is 0 Å². The van der Waals surface area contributed by atoms with Gasteiger partial charge in [0.1, 0.15) is 11.6 Å². The van der Waals surface area contributed by atoms with Gasteiger partial charge in [0.15, 0.2) is 0 Å². The third-order valence-corrected chi connectivity index (χ3v) is 4.71. The monoisotopic (exact) mass is 248 g/mol. The maximum Gasteiger partial charge on any atom is 0.123 e. The lowest BCUT2D eigenvalue weighted by Crippen LogP contribution is -2.07. The van der Waals surface area contributed by atoms with Crippen LogP contribution in [0, 0.1) is 11.6 Å². The molecule has 17 heavy (non-hydrogen) atoms. The van der Waals surface area contributed by atoms with Crippen LogP contribution >= 0.6 is 0 Å². The predicted octanol–water partition coefficient (Wildman–Crippen LogP) is 3.27. The molecule has 0 atom stereocenters. The Morgan fingerprint density at radius 1 is 0.765 bits per heavy atom. The lowest BCUT2D eigenvalue weighted by atomic mass is 10.0. The summed E-state index contributed by atoms with van der Waals surface area (Å²) in [4.78, 5) is 0. The van der Waals surface area contributed by atoms with Crippen molar-refractivity contribution in [2.24, 2.45) is 0 Å². The van der Waals surface area contributed by atoms with E-state index in [9.17, 15) is 8.78 Å². The van der Waals surface area contributed by atoms with E-state index in [-0.39, 0.29) is 21.2 Å². The van der Waals surface area contributed by atoms with Gasteiger partial charge in [-0.15, -0.1) is 0 Å². The first-order chi connectivity index (χ1) is 8.20. The Morgan fingerprint density at radius 3 is 1.41 bits per heavy atom. The van der Waals surface area contributed by atoms with Gasteiger partial charge in [-0.1, -0.05) is 30.8 Å². The van der Waals surface area contributed by atoms with Crippen molar-refractivity contribution in [3.63, 3.8) is 0 Å². The molecule has 0 saturated carbocycles. The third-order valence-electron chi connectivity index (χ3n) is 2.95. The first-order valence-corrected chi connectivity index (χ1v) is 7.94. The maximum absolute atomic E-state index is 12.9. The molecule has 0 aliphatic carbocycles. The fourth-order valence-corrected chi connectivity index (χ4v) is 3.54. The standard InChI is InChI=1S/C14H14F2Si/c1-17-14(10-2-6-12(15)7-3-10)11-4-8-13(16)9-5-11/h2-9,14H,17H2,1H3. The fraction of sp³-hybridized carbons (Fsp3) is 0.143. The summed E-state index contributed by atoms with van der Waals surface area (Å²) in [5, 5.41) is 0. The number of benzene rings is 2. The van der Waals surface area contributed by atoms with E-state index in [1.807, 2.05) is 24.3 Å². The lowest BCUT2D eigenvalue weighted by molar-refractivity contribution is 0.626. The smallest absolute Gasteiger partial charge is 0.123 e. The van der Waals surface area contributed by atoms with E-state index in [4.69, 9.17) is 0 Å². The van der Waals surface area contributed by atoms with E-state index >= 15 is 0 Å². The highest BCUT2D eigenvalue weighted by Gasteiger charge is 2.12. The van der Waals surface area contributed by atoms with Crippen LogP contribution < -0.4 is 0 Å². The topological polar surface area (TPSA) is 0 Å². The molecule has 2 aromatic rings. The molecule has 2 rings (SSSR count).